The number of hydrogen-bond donors (Lipinski definition) is 1. The molecule has 4 heteroatoms. The van der Waals surface area contributed by atoms with Crippen LogP contribution in [-0.2, 0) is 12.8 Å². The van der Waals surface area contributed by atoms with Gasteiger partial charge in [0.05, 0.1) is 6.20 Å². The number of likely N-dealkylation sites (tertiary alicyclic amines) is 1. The molecule has 0 atom stereocenters. The van der Waals surface area contributed by atoms with Crippen molar-refractivity contribution < 1.29 is 4.42 Å². The van der Waals surface area contributed by atoms with Crippen LogP contribution in [0.5, 0.6) is 0 Å². The van der Waals surface area contributed by atoms with Crippen LogP contribution in [0.2, 0.25) is 0 Å². The third-order valence-corrected chi connectivity index (χ3v) is 3.07. The van der Waals surface area contributed by atoms with Gasteiger partial charge in [-0.1, -0.05) is 0 Å². The second-order valence-corrected chi connectivity index (χ2v) is 4.41. The monoisotopic (exact) mass is 223 g/mol. The van der Waals surface area contributed by atoms with E-state index in [1.807, 2.05) is 6.20 Å². The summed E-state index contributed by atoms with van der Waals surface area (Å²) in [5.41, 5.74) is 5.46. The Balaban J connectivity index is 1.73. The lowest BCUT2D eigenvalue weighted by molar-refractivity contribution is 0.325. The molecule has 1 aromatic rings. The van der Waals surface area contributed by atoms with Gasteiger partial charge in [-0.05, 0) is 38.9 Å². The maximum atomic E-state index is 5.65. The van der Waals surface area contributed by atoms with Crippen molar-refractivity contribution in [3.8, 4) is 0 Å². The van der Waals surface area contributed by atoms with Gasteiger partial charge < -0.3 is 15.1 Å². The quantitative estimate of drug-likeness (QED) is 0.787. The zero-order valence-electron chi connectivity index (χ0n) is 9.82. The molecule has 2 N–H and O–H groups in total. The Hall–Kier alpha value is -0.870. The molecule has 1 fully saturated rings. The molecular formula is C12H21N3O. The number of rotatable bonds is 6. The topological polar surface area (TPSA) is 55.3 Å². The molecule has 16 heavy (non-hydrogen) atoms. The minimum Gasteiger partial charge on any atom is -0.446 e. The van der Waals surface area contributed by atoms with E-state index < -0.39 is 0 Å². The molecule has 0 aliphatic carbocycles. The summed E-state index contributed by atoms with van der Waals surface area (Å²) in [6.45, 7) is 4.27. The molecule has 90 valence electrons. The van der Waals surface area contributed by atoms with E-state index in [2.05, 4.69) is 9.88 Å². The van der Waals surface area contributed by atoms with Gasteiger partial charge in [-0.15, -0.1) is 0 Å². The first-order chi connectivity index (χ1) is 7.88. The van der Waals surface area contributed by atoms with Gasteiger partial charge in [0.2, 0.25) is 0 Å². The number of aryl methyl sites for hydroxylation is 1. The molecule has 0 radical (unpaired) electrons. The summed E-state index contributed by atoms with van der Waals surface area (Å²) in [5.74, 6) is 1.85. The first-order valence-electron chi connectivity index (χ1n) is 6.24. The standard InChI is InChI=1S/C12H21N3O/c13-6-3-4-11-10-14-12(16-11)5-9-15-7-1-2-8-15/h10H,1-9,13H2. The summed E-state index contributed by atoms with van der Waals surface area (Å²) in [4.78, 5) is 6.77. The van der Waals surface area contributed by atoms with E-state index in [1.54, 1.807) is 0 Å². The van der Waals surface area contributed by atoms with E-state index >= 15 is 0 Å². The highest BCUT2D eigenvalue weighted by molar-refractivity contribution is 4.95. The van der Waals surface area contributed by atoms with Crippen molar-refractivity contribution in [2.24, 2.45) is 5.73 Å². The van der Waals surface area contributed by atoms with E-state index in [0.717, 1.165) is 37.5 Å². The van der Waals surface area contributed by atoms with E-state index in [1.165, 1.54) is 25.9 Å². The molecule has 1 aliphatic heterocycles. The van der Waals surface area contributed by atoms with Gasteiger partial charge in [-0.2, -0.15) is 0 Å². The van der Waals surface area contributed by atoms with Gasteiger partial charge in [0.1, 0.15) is 5.76 Å². The lowest BCUT2D eigenvalue weighted by Gasteiger charge is -2.12. The van der Waals surface area contributed by atoms with Crippen molar-refractivity contribution in [1.82, 2.24) is 9.88 Å². The van der Waals surface area contributed by atoms with Crippen LogP contribution < -0.4 is 5.73 Å². The highest BCUT2D eigenvalue weighted by Gasteiger charge is 2.12. The van der Waals surface area contributed by atoms with Gasteiger partial charge in [-0.3, -0.25) is 0 Å². The number of hydrogen-bond acceptors (Lipinski definition) is 4. The fourth-order valence-corrected chi connectivity index (χ4v) is 2.12. The average molecular weight is 223 g/mol. The molecule has 2 rings (SSSR count). The molecule has 1 aromatic heterocycles. The third-order valence-electron chi connectivity index (χ3n) is 3.07. The zero-order chi connectivity index (χ0) is 11.2. The van der Waals surface area contributed by atoms with Gasteiger partial charge in [-0.25, -0.2) is 4.98 Å². The molecule has 0 aromatic carbocycles. The molecule has 0 spiro atoms. The Morgan fingerprint density at radius 2 is 2.12 bits per heavy atom. The Bertz CT molecular complexity index is 305. The first-order valence-corrected chi connectivity index (χ1v) is 6.24. The summed E-state index contributed by atoms with van der Waals surface area (Å²) in [7, 11) is 0. The summed E-state index contributed by atoms with van der Waals surface area (Å²) < 4.78 is 5.65. The van der Waals surface area contributed by atoms with Crippen LogP contribution in [0.3, 0.4) is 0 Å². The lowest BCUT2D eigenvalue weighted by atomic mass is 10.3. The van der Waals surface area contributed by atoms with Crippen LogP contribution in [-0.4, -0.2) is 36.1 Å². The molecule has 0 amide bonds. The van der Waals surface area contributed by atoms with Crippen LogP contribution >= 0.6 is 0 Å². The lowest BCUT2D eigenvalue weighted by Crippen LogP contribution is -2.21. The molecular weight excluding hydrogens is 202 g/mol. The second-order valence-electron chi connectivity index (χ2n) is 4.41. The van der Waals surface area contributed by atoms with E-state index in [0.29, 0.717) is 6.54 Å². The predicted octanol–water partition coefficient (Wildman–Crippen LogP) is 1.20. The van der Waals surface area contributed by atoms with Crippen LogP contribution in [0.1, 0.15) is 30.9 Å². The maximum absolute atomic E-state index is 5.65. The number of nitrogens with two attached hydrogens (primary N) is 1. The minimum absolute atomic E-state index is 0.712. The van der Waals surface area contributed by atoms with Crippen LogP contribution in [0, 0.1) is 0 Å². The van der Waals surface area contributed by atoms with Crippen LogP contribution in [0.15, 0.2) is 10.6 Å². The first kappa shape index (κ1) is 11.6. The Morgan fingerprint density at radius 1 is 1.31 bits per heavy atom. The van der Waals surface area contributed by atoms with Crippen molar-refractivity contribution in [2.75, 3.05) is 26.2 Å². The summed E-state index contributed by atoms with van der Waals surface area (Å²) in [6.07, 6.45) is 7.34. The molecule has 2 heterocycles. The molecule has 0 saturated carbocycles. The third kappa shape index (κ3) is 3.32. The van der Waals surface area contributed by atoms with Crippen molar-refractivity contribution >= 4 is 0 Å². The smallest absolute Gasteiger partial charge is 0.195 e. The molecule has 0 unspecified atom stereocenters. The summed E-state index contributed by atoms with van der Waals surface area (Å²) in [6, 6.07) is 0. The number of aromatic nitrogens is 1. The highest BCUT2D eigenvalue weighted by Crippen LogP contribution is 2.10. The average Bonchev–Trinajstić information content (AvgIpc) is 2.95. The fourth-order valence-electron chi connectivity index (χ4n) is 2.12. The number of nitrogens with zero attached hydrogens (tertiary/aromatic N) is 2. The van der Waals surface area contributed by atoms with E-state index in [-0.39, 0.29) is 0 Å². The molecule has 1 saturated heterocycles. The largest absolute Gasteiger partial charge is 0.446 e. The van der Waals surface area contributed by atoms with Gasteiger partial charge in [0.15, 0.2) is 5.89 Å². The van der Waals surface area contributed by atoms with Crippen molar-refractivity contribution in [1.29, 1.82) is 0 Å². The van der Waals surface area contributed by atoms with Crippen molar-refractivity contribution in [3.05, 3.63) is 17.8 Å². The minimum atomic E-state index is 0.712. The van der Waals surface area contributed by atoms with Crippen molar-refractivity contribution in [2.45, 2.75) is 32.1 Å². The second kappa shape index (κ2) is 6.01. The SMILES string of the molecule is NCCCc1cnc(CCN2CCCC2)o1. The van der Waals surface area contributed by atoms with E-state index in [9.17, 15) is 0 Å². The molecule has 0 bridgehead atoms. The fraction of sp³-hybridized carbons (Fsp3) is 0.750. The Morgan fingerprint density at radius 3 is 2.88 bits per heavy atom. The summed E-state index contributed by atoms with van der Waals surface area (Å²) in [5, 5.41) is 0. The Labute approximate surface area is 96.8 Å². The molecule has 1 aliphatic rings. The van der Waals surface area contributed by atoms with Gasteiger partial charge >= 0.3 is 0 Å². The Kier molecular flexibility index (Phi) is 4.36. The van der Waals surface area contributed by atoms with Crippen LogP contribution in [0.4, 0.5) is 0 Å². The van der Waals surface area contributed by atoms with Crippen LogP contribution in [0.25, 0.3) is 0 Å². The molecule has 4 nitrogen and oxygen atoms in total. The number of oxazole rings is 1. The van der Waals surface area contributed by atoms with E-state index in [4.69, 9.17) is 10.2 Å². The van der Waals surface area contributed by atoms with Gasteiger partial charge in [0, 0.05) is 19.4 Å². The maximum Gasteiger partial charge on any atom is 0.195 e. The highest BCUT2D eigenvalue weighted by atomic mass is 16.4. The summed E-state index contributed by atoms with van der Waals surface area (Å²) >= 11 is 0. The van der Waals surface area contributed by atoms with Crippen molar-refractivity contribution in [3.63, 3.8) is 0 Å². The van der Waals surface area contributed by atoms with Gasteiger partial charge in [0.25, 0.3) is 0 Å². The zero-order valence-corrected chi connectivity index (χ0v) is 9.82. The normalized spacial score (nSPS) is 17.1. The predicted molar refractivity (Wildman–Crippen MR) is 63.3 cm³/mol.